The molecule has 3 heteroatoms. The fourth-order valence-electron chi connectivity index (χ4n) is 1.42. The summed E-state index contributed by atoms with van der Waals surface area (Å²) in [7, 11) is 0. The third-order valence-corrected chi connectivity index (χ3v) is 2.47. The van der Waals surface area contributed by atoms with Crippen molar-refractivity contribution in [3.05, 3.63) is 35.7 Å². The van der Waals surface area contributed by atoms with Crippen LogP contribution < -0.4 is 0 Å². The second kappa shape index (κ2) is 3.18. The van der Waals surface area contributed by atoms with Crippen molar-refractivity contribution in [1.29, 1.82) is 0 Å². The van der Waals surface area contributed by atoms with Crippen LogP contribution in [-0.4, -0.2) is 15.3 Å². The van der Waals surface area contributed by atoms with E-state index in [9.17, 15) is 5.11 Å². The fraction of sp³-hybridized carbons (Fsp3) is 0.182. The molecule has 0 amide bonds. The second-order valence-corrected chi connectivity index (χ2v) is 3.42. The van der Waals surface area contributed by atoms with Crippen molar-refractivity contribution in [1.82, 2.24) is 10.2 Å². The van der Waals surface area contributed by atoms with E-state index in [4.69, 9.17) is 0 Å². The Labute approximate surface area is 82.4 Å². The first-order chi connectivity index (χ1) is 6.68. The van der Waals surface area contributed by atoms with Crippen LogP contribution in [0.5, 0.6) is 5.75 Å². The topological polar surface area (TPSA) is 48.9 Å². The molecule has 0 fully saturated rings. The smallest absolute Gasteiger partial charge is 0.119 e. The Bertz CT molecular complexity index is 423. The predicted octanol–water partition coefficient (Wildman–Crippen LogP) is 2.40. The summed E-state index contributed by atoms with van der Waals surface area (Å²) in [5.74, 6) is 0.334. The molecule has 0 bridgehead atoms. The van der Waals surface area contributed by atoms with Gasteiger partial charge in [0.05, 0.1) is 6.20 Å². The van der Waals surface area contributed by atoms with Crippen molar-refractivity contribution in [2.24, 2.45) is 0 Å². The average molecular weight is 188 g/mol. The second-order valence-electron chi connectivity index (χ2n) is 3.42. The SMILES string of the molecule is Cc1cc(-c2cn[nH]c2)cc(O)c1C. The van der Waals surface area contributed by atoms with Crippen LogP contribution in [0.4, 0.5) is 0 Å². The lowest BCUT2D eigenvalue weighted by atomic mass is 10.0. The number of rotatable bonds is 1. The van der Waals surface area contributed by atoms with E-state index < -0.39 is 0 Å². The summed E-state index contributed by atoms with van der Waals surface area (Å²) in [5.41, 5.74) is 3.99. The highest BCUT2D eigenvalue weighted by atomic mass is 16.3. The summed E-state index contributed by atoms with van der Waals surface area (Å²) < 4.78 is 0. The van der Waals surface area contributed by atoms with Crippen LogP contribution in [0.1, 0.15) is 11.1 Å². The van der Waals surface area contributed by atoms with Gasteiger partial charge in [0.2, 0.25) is 0 Å². The first kappa shape index (κ1) is 8.81. The molecule has 0 saturated heterocycles. The van der Waals surface area contributed by atoms with Gasteiger partial charge >= 0.3 is 0 Å². The first-order valence-corrected chi connectivity index (χ1v) is 4.48. The predicted molar refractivity (Wildman–Crippen MR) is 55.2 cm³/mol. The van der Waals surface area contributed by atoms with Crippen LogP contribution in [0.25, 0.3) is 11.1 Å². The van der Waals surface area contributed by atoms with Gasteiger partial charge in [0.15, 0.2) is 0 Å². The van der Waals surface area contributed by atoms with E-state index in [0.717, 1.165) is 22.3 Å². The van der Waals surface area contributed by atoms with Gasteiger partial charge in [-0.15, -0.1) is 0 Å². The van der Waals surface area contributed by atoms with Gasteiger partial charge in [0.25, 0.3) is 0 Å². The fourth-order valence-corrected chi connectivity index (χ4v) is 1.42. The summed E-state index contributed by atoms with van der Waals surface area (Å²) in [6.45, 7) is 3.89. The molecule has 0 aliphatic heterocycles. The van der Waals surface area contributed by atoms with Crippen LogP contribution >= 0.6 is 0 Å². The van der Waals surface area contributed by atoms with Gasteiger partial charge in [-0.2, -0.15) is 5.10 Å². The molecule has 1 heterocycles. The summed E-state index contributed by atoms with van der Waals surface area (Å²) in [5, 5.41) is 16.3. The Morgan fingerprint density at radius 1 is 1.21 bits per heavy atom. The molecule has 0 radical (unpaired) electrons. The maximum absolute atomic E-state index is 9.65. The van der Waals surface area contributed by atoms with Crippen LogP contribution in [0.3, 0.4) is 0 Å². The average Bonchev–Trinajstić information content (AvgIpc) is 2.66. The van der Waals surface area contributed by atoms with Gasteiger partial charge in [-0.1, -0.05) is 6.07 Å². The third kappa shape index (κ3) is 1.37. The van der Waals surface area contributed by atoms with E-state index in [1.165, 1.54) is 0 Å². The molecule has 0 saturated carbocycles. The monoisotopic (exact) mass is 188 g/mol. The molecule has 3 nitrogen and oxygen atoms in total. The standard InChI is InChI=1S/C11H12N2O/c1-7-3-9(4-11(14)8(7)2)10-5-12-13-6-10/h3-6,14H,1-2H3,(H,12,13). The van der Waals surface area contributed by atoms with Crippen molar-refractivity contribution in [3.8, 4) is 16.9 Å². The maximum atomic E-state index is 9.65. The lowest BCUT2D eigenvalue weighted by Crippen LogP contribution is -1.84. The van der Waals surface area contributed by atoms with Gasteiger partial charge in [-0.05, 0) is 36.6 Å². The molecule has 72 valence electrons. The van der Waals surface area contributed by atoms with E-state index in [1.807, 2.05) is 26.1 Å². The number of phenols is 1. The summed E-state index contributed by atoms with van der Waals surface area (Å²) >= 11 is 0. The number of hydrogen-bond acceptors (Lipinski definition) is 2. The minimum atomic E-state index is 0.334. The van der Waals surface area contributed by atoms with Crippen molar-refractivity contribution in [2.75, 3.05) is 0 Å². The number of nitrogens with zero attached hydrogens (tertiary/aromatic N) is 1. The minimum Gasteiger partial charge on any atom is -0.508 e. The Morgan fingerprint density at radius 2 is 2.00 bits per heavy atom. The zero-order valence-electron chi connectivity index (χ0n) is 8.20. The normalized spacial score (nSPS) is 10.4. The molecule has 0 atom stereocenters. The van der Waals surface area contributed by atoms with E-state index in [1.54, 1.807) is 12.3 Å². The van der Waals surface area contributed by atoms with E-state index in [2.05, 4.69) is 10.2 Å². The minimum absolute atomic E-state index is 0.334. The van der Waals surface area contributed by atoms with Crippen molar-refractivity contribution >= 4 is 0 Å². The largest absolute Gasteiger partial charge is 0.508 e. The molecule has 14 heavy (non-hydrogen) atoms. The number of aryl methyl sites for hydroxylation is 1. The number of aromatic nitrogens is 2. The summed E-state index contributed by atoms with van der Waals surface area (Å²) in [6, 6.07) is 3.80. The zero-order valence-corrected chi connectivity index (χ0v) is 8.20. The molecule has 0 aliphatic carbocycles. The summed E-state index contributed by atoms with van der Waals surface area (Å²) in [4.78, 5) is 0. The van der Waals surface area contributed by atoms with Gasteiger partial charge in [0, 0.05) is 11.8 Å². The molecule has 0 spiro atoms. The molecule has 1 aromatic carbocycles. The van der Waals surface area contributed by atoms with Gasteiger partial charge in [-0.25, -0.2) is 0 Å². The van der Waals surface area contributed by atoms with Crippen molar-refractivity contribution in [3.63, 3.8) is 0 Å². The van der Waals surface area contributed by atoms with Crippen LogP contribution in [-0.2, 0) is 0 Å². The van der Waals surface area contributed by atoms with E-state index in [-0.39, 0.29) is 0 Å². The van der Waals surface area contributed by atoms with Crippen LogP contribution in [0.15, 0.2) is 24.5 Å². The molecule has 1 aromatic heterocycles. The lowest BCUT2D eigenvalue weighted by Gasteiger charge is -2.05. The van der Waals surface area contributed by atoms with Crippen molar-refractivity contribution in [2.45, 2.75) is 13.8 Å². The number of benzene rings is 1. The van der Waals surface area contributed by atoms with Crippen LogP contribution in [0.2, 0.25) is 0 Å². The number of nitrogens with one attached hydrogen (secondary N) is 1. The highest BCUT2D eigenvalue weighted by Crippen LogP contribution is 2.28. The Balaban J connectivity index is 2.57. The lowest BCUT2D eigenvalue weighted by molar-refractivity contribution is 0.471. The van der Waals surface area contributed by atoms with Gasteiger partial charge in [0.1, 0.15) is 5.75 Å². The Morgan fingerprint density at radius 3 is 2.57 bits per heavy atom. The Kier molecular flexibility index (Phi) is 2.00. The molecule has 2 rings (SSSR count). The highest BCUT2D eigenvalue weighted by Gasteiger charge is 2.05. The number of aromatic hydroxyl groups is 1. The first-order valence-electron chi connectivity index (χ1n) is 4.48. The third-order valence-electron chi connectivity index (χ3n) is 2.47. The molecule has 0 unspecified atom stereocenters. The number of aromatic amines is 1. The zero-order chi connectivity index (χ0) is 10.1. The van der Waals surface area contributed by atoms with Crippen LogP contribution in [0, 0.1) is 13.8 Å². The Hall–Kier alpha value is -1.77. The van der Waals surface area contributed by atoms with Gasteiger partial charge in [-0.3, -0.25) is 5.10 Å². The number of phenolic OH excluding ortho intramolecular Hbond substituents is 1. The van der Waals surface area contributed by atoms with E-state index >= 15 is 0 Å². The number of H-pyrrole nitrogens is 1. The molecule has 2 N–H and O–H groups in total. The molecular formula is C11H12N2O. The maximum Gasteiger partial charge on any atom is 0.119 e. The van der Waals surface area contributed by atoms with Crippen molar-refractivity contribution < 1.29 is 5.11 Å². The van der Waals surface area contributed by atoms with E-state index in [0.29, 0.717) is 5.75 Å². The molecule has 2 aromatic rings. The van der Waals surface area contributed by atoms with Gasteiger partial charge < -0.3 is 5.11 Å². The summed E-state index contributed by atoms with van der Waals surface area (Å²) in [6.07, 6.45) is 3.55. The molecule has 0 aliphatic rings. The quantitative estimate of drug-likeness (QED) is 0.722. The number of hydrogen-bond donors (Lipinski definition) is 2. The molecular weight excluding hydrogens is 176 g/mol. The highest BCUT2D eigenvalue weighted by molar-refractivity contribution is 5.65.